The number of carbonyl (C=O) groups excluding carboxylic acids is 1. The number of likely N-dealkylation sites (N-methyl/N-ethyl adjacent to an activating group) is 1. The number of anilines is 1. The lowest BCUT2D eigenvalue weighted by Gasteiger charge is -2.27. The van der Waals surface area contributed by atoms with Crippen molar-refractivity contribution in [2.24, 2.45) is 0 Å². The Morgan fingerprint density at radius 3 is 2.70 bits per heavy atom. The molecule has 0 radical (unpaired) electrons. The maximum absolute atomic E-state index is 13.3. The Bertz CT molecular complexity index is 485. The van der Waals surface area contributed by atoms with Crippen LogP contribution in [0.4, 0.5) is 10.1 Å². The van der Waals surface area contributed by atoms with E-state index >= 15 is 0 Å². The number of nitrogens with zero attached hydrogens (tertiary/aromatic N) is 2. The summed E-state index contributed by atoms with van der Waals surface area (Å²) >= 11 is 0. The fourth-order valence-electron chi connectivity index (χ4n) is 3.06. The molecule has 1 fully saturated rings. The average Bonchev–Trinajstić information content (AvgIpc) is 2.89. The molecule has 2 rings (SSSR count). The van der Waals surface area contributed by atoms with Crippen molar-refractivity contribution in [3.63, 3.8) is 0 Å². The first-order chi connectivity index (χ1) is 9.56. The zero-order valence-electron chi connectivity index (χ0n) is 12.5. The SMILES string of the molecule is CCN(CC)C1CCN(c2ccc(F)cc2C(C)=O)C1. The molecule has 1 atom stereocenters. The summed E-state index contributed by atoms with van der Waals surface area (Å²) < 4.78 is 13.3. The van der Waals surface area contributed by atoms with Crippen molar-refractivity contribution in [3.05, 3.63) is 29.6 Å². The minimum absolute atomic E-state index is 0.0780. The van der Waals surface area contributed by atoms with Crippen LogP contribution in [0.5, 0.6) is 0 Å². The minimum Gasteiger partial charge on any atom is -0.369 e. The highest BCUT2D eigenvalue weighted by molar-refractivity contribution is 5.99. The predicted octanol–water partition coefficient (Wildman–Crippen LogP) is 2.95. The van der Waals surface area contributed by atoms with Gasteiger partial charge in [-0.05, 0) is 44.6 Å². The van der Waals surface area contributed by atoms with Gasteiger partial charge in [-0.1, -0.05) is 13.8 Å². The van der Waals surface area contributed by atoms with E-state index in [0.717, 1.165) is 38.3 Å². The number of rotatable bonds is 5. The van der Waals surface area contributed by atoms with E-state index in [-0.39, 0.29) is 11.6 Å². The van der Waals surface area contributed by atoms with Gasteiger partial charge in [0.05, 0.1) is 0 Å². The Morgan fingerprint density at radius 2 is 2.10 bits per heavy atom. The fourth-order valence-corrected chi connectivity index (χ4v) is 3.06. The van der Waals surface area contributed by atoms with Crippen LogP contribution in [0.3, 0.4) is 0 Å². The van der Waals surface area contributed by atoms with Crippen LogP contribution in [0.2, 0.25) is 0 Å². The number of benzene rings is 1. The number of ketones is 1. The van der Waals surface area contributed by atoms with E-state index in [0.29, 0.717) is 11.6 Å². The molecule has 0 aliphatic carbocycles. The highest BCUT2D eigenvalue weighted by Crippen LogP contribution is 2.27. The summed E-state index contributed by atoms with van der Waals surface area (Å²) in [5.41, 5.74) is 1.36. The first-order valence-electron chi connectivity index (χ1n) is 7.36. The molecule has 3 nitrogen and oxygen atoms in total. The second kappa shape index (κ2) is 6.35. The van der Waals surface area contributed by atoms with Gasteiger partial charge in [-0.25, -0.2) is 4.39 Å². The minimum atomic E-state index is -0.349. The summed E-state index contributed by atoms with van der Waals surface area (Å²) in [5, 5.41) is 0. The lowest BCUT2D eigenvalue weighted by molar-refractivity contribution is 0.101. The molecule has 1 aromatic carbocycles. The summed E-state index contributed by atoms with van der Waals surface area (Å²) in [4.78, 5) is 16.3. The third-order valence-electron chi connectivity index (χ3n) is 4.17. The fraction of sp³-hybridized carbons (Fsp3) is 0.562. The lowest BCUT2D eigenvalue weighted by Crippen LogP contribution is -2.37. The van der Waals surface area contributed by atoms with E-state index in [1.807, 2.05) is 0 Å². The van der Waals surface area contributed by atoms with E-state index in [1.165, 1.54) is 19.1 Å². The van der Waals surface area contributed by atoms with Gasteiger partial charge >= 0.3 is 0 Å². The van der Waals surface area contributed by atoms with Gasteiger partial charge < -0.3 is 4.90 Å². The largest absolute Gasteiger partial charge is 0.369 e. The molecule has 0 aromatic heterocycles. The van der Waals surface area contributed by atoms with Gasteiger partial charge in [0.15, 0.2) is 5.78 Å². The topological polar surface area (TPSA) is 23.6 Å². The number of Topliss-reactive ketones (excluding diaryl/α,β-unsaturated/α-hetero) is 1. The van der Waals surface area contributed by atoms with Crippen LogP contribution < -0.4 is 4.90 Å². The summed E-state index contributed by atoms with van der Waals surface area (Å²) in [6, 6.07) is 5.04. The smallest absolute Gasteiger partial charge is 0.161 e. The maximum Gasteiger partial charge on any atom is 0.161 e. The molecule has 0 bridgehead atoms. The molecule has 0 amide bonds. The molecule has 1 heterocycles. The molecule has 110 valence electrons. The maximum atomic E-state index is 13.3. The van der Waals surface area contributed by atoms with Crippen molar-refractivity contribution in [2.45, 2.75) is 33.2 Å². The molecular weight excluding hydrogens is 255 g/mol. The first-order valence-corrected chi connectivity index (χ1v) is 7.36. The van der Waals surface area contributed by atoms with Crippen LogP contribution in [-0.4, -0.2) is 42.9 Å². The number of hydrogen-bond donors (Lipinski definition) is 0. The van der Waals surface area contributed by atoms with Gasteiger partial charge in [-0.3, -0.25) is 9.69 Å². The normalized spacial score (nSPS) is 18.9. The summed E-state index contributed by atoms with van der Waals surface area (Å²) in [6.07, 6.45) is 1.09. The Balaban J connectivity index is 2.20. The number of carbonyl (C=O) groups is 1. The van der Waals surface area contributed by atoms with Crippen LogP contribution in [-0.2, 0) is 0 Å². The van der Waals surface area contributed by atoms with E-state index < -0.39 is 0 Å². The third kappa shape index (κ3) is 3.01. The van der Waals surface area contributed by atoms with Gasteiger partial charge in [0.25, 0.3) is 0 Å². The van der Waals surface area contributed by atoms with E-state index in [2.05, 4.69) is 23.6 Å². The van der Waals surface area contributed by atoms with Crippen molar-refractivity contribution in [1.82, 2.24) is 4.90 Å². The lowest BCUT2D eigenvalue weighted by atomic mass is 10.1. The molecule has 1 aliphatic rings. The molecule has 0 N–H and O–H groups in total. The Hall–Kier alpha value is -1.42. The molecule has 4 heteroatoms. The summed E-state index contributed by atoms with van der Waals surface area (Å²) in [5.74, 6) is -0.427. The standard InChI is InChI=1S/C16H23FN2O/c1-4-18(5-2)14-8-9-19(11-14)16-7-6-13(17)10-15(16)12(3)20/h6-7,10,14H,4-5,8-9,11H2,1-3H3. The monoisotopic (exact) mass is 278 g/mol. The average molecular weight is 278 g/mol. The number of hydrogen-bond acceptors (Lipinski definition) is 3. The van der Waals surface area contributed by atoms with Crippen molar-refractivity contribution >= 4 is 11.5 Å². The van der Waals surface area contributed by atoms with Crippen LogP contribution in [0.25, 0.3) is 0 Å². The molecule has 1 saturated heterocycles. The van der Waals surface area contributed by atoms with Crippen LogP contribution in [0.15, 0.2) is 18.2 Å². The van der Waals surface area contributed by atoms with Crippen LogP contribution in [0.1, 0.15) is 37.6 Å². The van der Waals surface area contributed by atoms with E-state index in [1.54, 1.807) is 6.07 Å². The zero-order chi connectivity index (χ0) is 14.7. The number of halogens is 1. The first kappa shape index (κ1) is 15.0. The molecule has 0 spiro atoms. The van der Waals surface area contributed by atoms with E-state index in [4.69, 9.17) is 0 Å². The summed E-state index contributed by atoms with van der Waals surface area (Å²) in [6.45, 7) is 9.75. The van der Waals surface area contributed by atoms with E-state index in [9.17, 15) is 9.18 Å². The molecule has 20 heavy (non-hydrogen) atoms. The quantitative estimate of drug-likeness (QED) is 0.774. The Labute approximate surface area is 120 Å². The van der Waals surface area contributed by atoms with Crippen molar-refractivity contribution < 1.29 is 9.18 Å². The molecule has 1 aromatic rings. The van der Waals surface area contributed by atoms with Crippen molar-refractivity contribution in [1.29, 1.82) is 0 Å². The highest BCUT2D eigenvalue weighted by Gasteiger charge is 2.28. The Kier molecular flexibility index (Phi) is 4.76. The molecule has 1 unspecified atom stereocenters. The second-order valence-corrected chi connectivity index (χ2v) is 5.33. The molecule has 1 aliphatic heterocycles. The van der Waals surface area contributed by atoms with Gasteiger partial charge in [0, 0.05) is 30.4 Å². The molecule has 0 saturated carbocycles. The van der Waals surface area contributed by atoms with Crippen LogP contribution >= 0.6 is 0 Å². The van der Waals surface area contributed by atoms with Crippen molar-refractivity contribution in [3.8, 4) is 0 Å². The van der Waals surface area contributed by atoms with Crippen molar-refractivity contribution in [2.75, 3.05) is 31.1 Å². The second-order valence-electron chi connectivity index (χ2n) is 5.33. The zero-order valence-corrected chi connectivity index (χ0v) is 12.5. The highest BCUT2D eigenvalue weighted by atomic mass is 19.1. The van der Waals surface area contributed by atoms with Gasteiger partial charge in [0.2, 0.25) is 0 Å². The van der Waals surface area contributed by atoms with Gasteiger partial charge in [0.1, 0.15) is 5.82 Å². The predicted molar refractivity (Wildman–Crippen MR) is 79.9 cm³/mol. The van der Waals surface area contributed by atoms with Gasteiger partial charge in [-0.2, -0.15) is 0 Å². The van der Waals surface area contributed by atoms with Crippen LogP contribution in [0, 0.1) is 5.82 Å². The van der Waals surface area contributed by atoms with Gasteiger partial charge in [-0.15, -0.1) is 0 Å². The summed E-state index contributed by atoms with van der Waals surface area (Å²) in [7, 11) is 0. The third-order valence-corrected chi connectivity index (χ3v) is 4.17. The Morgan fingerprint density at radius 1 is 1.40 bits per heavy atom. The molecular formula is C16H23FN2O.